The quantitative estimate of drug-likeness (QED) is 0.605. The van der Waals surface area contributed by atoms with Crippen molar-refractivity contribution in [2.75, 3.05) is 13.1 Å². The third kappa shape index (κ3) is 2.84. The van der Waals surface area contributed by atoms with Gasteiger partial charge in [-0.3, -0.25) is 4.90 Å². The molecule has 1 atom stereocenters. The smallest absolute Gasteiger partial charge is 0.0168 e. The van der Waals surface area contributed by atoms with Crippen LogP contribution in [-0.2, 0) is 0 Å². The van der Waals surface area contributed by atoms with Gasteiger partial charge in [0.2, 0.25) is 0 Å². The zero-order valence-electron chi connectivity index (χ0n) is 9.51. The lowest BCUT2D eigenvalue weighted by Crippen LogP contribution is -2.41. The van der Waals surface area contributed by atoms with Crippen LogP contribution in [-0.4, -0.2) is 24.0 Å². The maximum Gasteiger partial charge on any atom is 0.0168 e. The second kappa shape index (κ2) is 4.80. The Hall–Kier alpha value is -0.300. The number of nitrogens with zero attached hydrogens (tertiary/aromatic N) is 1. The van der Waals surface area contributed by atoms with Gasteiger partial charge in [0.1, 0.15) is 0 Å². The van der Waals surface area contributed by atoms with Gasteiger partial charge >= 0.3 is 0 Å². The molecule has 0 fully saturated rings. The van der Waals surface area contributed by atoms with E-state index < -0.39 is 0 Å². The van der Waals surface area contributed by atoms with Gasteiger partial charge in [0, 0.05) is 19.1 Å². The Morgan fingerprint density at radius 3 is 2.54 bits per heavy atom. The van der Waals surface area contributed by atoms with Crippen molar-refractivity contribution in [3.05, 3.63) is 11.6 Å². The second-order valence-corrected chi connectivity index (χ2v) is 4.52. The Bertz CT molecular complexity index is 182. The fourth-order valence-electron chi connectivity index (χ4n) is 2.24. The van der Waals surface area contributed by atoms with Crippen LogP contribution in [0.3, 0.4) is 0 Å². The van der Waals surface area contributed by atoms with Crippen molar-refractivity contribution < 1.29 is 0 Å². The Labute approximate surface area is 82.8 Å². The third-order valence-corrected chi connectivity index (χ3v) is 3.12. The molecule has 1 nitrogen and oxygen atoms in total. The van der Waals surface area contributed by atoms with E-state index in [1.165, 1.54) is 25.9 Å². The molecule has 1 unspecified atom stereocenters. The van der Waals surface area contributed by atoms with Crippen LogP contribution in [0.1, 0.15) is 40.5 Å². The lowest BCUT2D eigenvalue weighted by molar-refractivity contribution is 0.161. The van der Waals surface area contributed by atoms with Gasteiger partial charge in [0.25, 0.3) is 0 Å². The molecule has 0 saturated carbocycles. The summed E-state index contributed by atoms with van der Waals surface area (Å²) < 4.78 is 0. The molecule has 0 N–H and O–H groups in total. The van der Waals surface area contributed by atoms with Gasteiger partial charge in [0.05, 0.1) is 0 Å². The minimum Gasteiger partial charge on any atom is -0.296 e. The maximum atomic E-state index is 2.62. The summed E-state index contributed by atoms with van der Waals surface area (Å²) in [5, 5.41) is 0. The molecule has 0 saturated heterocycles. The summed E-state index contributed by atoms with van der Waals surface area (Å²) in [4.78, 5) is 2.62. The molecular formula is C12H23N. The van der Waals surface area contributed by atoms with Crippen molar-refractivity contribution in [1.29, 1.82) is 0 Å². The van der Waals surface area contributed by atoms with Gasteiger partial charge in [-0.1, -0.05) is 32.4 Å². The predicted molar refractivity (Wildman–Crippen MR) is 58.9 cm³/mol. The first kappa shape index (κ1) is 10.8. The zero-order chi connectivity index (χ0) is 9.84. The highest BCUT2D eigenvalue weighted by atomic mass is 15.2. The minimum absolute atomic E-state index is 0.782. The van der Waals surface area contributed by atoms with Crippen LogP contribution in [0.15, 0.2) is 11.6 Å². The largest absolute Gasteiger partial charge is 0.296 e. The lowest BCUT2D eigenvalue weighted by atomic mass is 9.97. The first-order chi connectivity index (χ1) is 6.15. The van der Waals surface area contributed by atoms with E-state index in [0.29, 0.717) is 0 Å². The average Bonchev–Trinajstić information content (AvgIpc) is 2.09. The Morgan fingerprint density at radius 2 is 2.15 bits per heavy atom. The minimum atomic E-state index is 0.782. The second-order valence-electron chi connectivity index (χ2n) is 4.52. The van der Waals surface area contributed by atoms with Crippen molar-refractivity contribution in [2.24, 2.45) is 5.92 Å². The predicted octanol–water partition coefficient (Wildman–Crippen LogP) is 3.07. The molecule has 0 aliphatic carbocycles. The topological polar surface area (TPSA) is 3.24 Å². The molecule has 0 aromatic carbocycles. The molecule has 0 aromatic heterocycles. The summed E-state index contributed by atoms with van der Waals surface area (Å²) >= 11 is 0. The molecule has 1 rings (SSSR count). The summed E-state index contributed by atoms with van der Waals surface area (Å²) in [6, 6.07) is 0.782. The van der Waals surface area contributed by atoms with E-state index in [1.54, 1.807) is 5.57 Å². The van der Waals surface area contributed by atoms with E-state index in [0.717, 1.165) is 12.0 Å². The van der Waals surface area contributed by atoms with Gasteiger partial charge in [-0.05, 0) is 25.7 Å². The number of rotatable bonds is 3. The van der Waals surface area contributed by atoms with Crippen LogP contribution in [0.5, 0.6) is 0 Å². The van der Waals surface area contributed by atoms with Crippen LogP contribution in [0.2, 0.25) is 0 Å². The number of hydrogen-bond donors (Lipinski definition) is 0. The van der Waals surface area contributed by atoms with Crippen molar-refractivity contribution in [3.63, 3.8) is 0 Å². The molecule has 1 aliphatic heterocycles. The van der Waals surface area contributed by atoms with Crippen molar-refractivity contribution in [1.82, 2.24) is 4.90 Å². The van der Waals surface area contributed by atoms with Gasteiger partial charge in [-0.2, -0.15) is 0 Å². The van der Waals surface area contributed by atoms with Crippen LogP contribution < -0.4 is 0 Å². The van der Waals surface area contributed by atoms with Crippen LogP contribution in [0.4, 0.5) is 0 Å². The highest BCUT2D eigenvalue weighted by molar-refractivity contribution is 5.04. The van der Waals surface area contributed by atoms with Crippen molar-refractivity contribution in [2.45, 2.75) is 46.6 Å². The first-order valence-electron chi connectivity index (χ1n) is 5.54. The summed E-state index contributed by atoms with van der Waals surface area (Å²) in [5.41, 5.74) is 1.56. The molecule has 76 valence electrons. The summed E-state index contributed by atoms with van der Waals surface area (Å²) in [5.74, 6) is 0.789. The molecule has 0 amide bonds. The van der Waals surface area contributed by atoms with Gasteiger partial charge in [-0.15, -0.1) is 0 Å². The SMILES string of the molecule is CCC(C(C)C)N1CC=C(C)CC1. The van der Waals surface area contributed by atoms with E-state index in [-0.39, 0.29) is 0 Å². The van der Waals surface area contributed by atoms with Crippen molar-refractivity contribution >= 4 is 0 Å². The van der Waals surface area contributed by atoms with Gasteiger partial charge in [-0.25, -0.2) is 0 Å². The van der Waals surface area contributed by atoms with Gasteiger partial charge < -0.3 is 0 Å². The molecule has 1 heteroatoms. The van der Waals surface area contributed by atoms with Crippen LogP contribution in [0, 0.1) is 5.92 Å². The molecule has 1 heterocycles. The molecular weight excluding hydrogens is 158 g/mol. The maximum absolute atomic E-state index is 2.62. The average molecular weight is 181 g/mol. The van der Waals surface area contributed by atoms with E-state index in [1.807, 2.05) is 0 Å². The standard InChI is InChI=1S/C12H23N/c1-5-12(10(2)3)13-8-6-11(4)7-9-13/h6,10,12H,5,7-9H2,1-4H3. The highest BCUT2D eigenvalue weighted by Gasteiger charge is 2.20. The summed E-state index contributed by atoms with van der Waals surface area (Å²) in [7, 11) is 0. The number of hydrogen-bond acceptors (Lipinski definition) is 1. The zero-order valence-corrected chi connectivity index (χ0v) is 9.51. The fourth-order valence-corrected chi connectivity index (χ4v) is 2.24. The first-order valence-corrected chi connectivity index (χ1v) is 5.54. The molecule has 13 heavy (non-hydrogen) atoms. The van der Waals surface area contributed by atoms with Crippen molar-refractivity contribution in [3.8, 4) is 0 Å². The summed E-state index contributed by atoms with van der Waals surface area (Å²) in [6.07, 6.45) is 4.93. The van der Waals surface area contributed by atoms with E-state index in [9.17, 15) is 0 Å². The summed E-state index contributed by atoms with van der Waals surface area (Å²) in [6.45, 7) is 11.6. The lowest BCUT2D eigenvalue weighted by Gasteiger charge is -2.35. The Balaban J connectivity index is 2.52. The van der Waals surface area contributed by atoms with E-state index >= 15 is 0 Å². The molecule has 0 aromatic rings. The Morgan fingerprint density at radius 1 is 1.46 bits per heavy atom. The molecule has 0 spiro atoms. The normalized spacial score (nSPS) is 21.8. The van der Waals surface area contributed by atoms with Gasteiger partial charge in [0.15, 0.2) is 0 Å². The third-order valence-electron chi connectivity index (χ3n) is 3.12. The monoisotopic (exact) mass is 181 g/mol. The molecule has 0 radical (unpaired) electrons. The molecule has 1 aliphatic rings. The van der Waals surface area contributed by atoms with Crippen LogP contribution >= 0.6 is 0 Å². The Kier molecular flexibility index (Phi) is 3.98. The fraction of sp³-hybridized carbons (Fsp3) is 0.833. The van der Waals surface area contributed by atoms with E-state index in [2.05, 4.69) is 38.7 Å². The van der Waals surface area contributed by atoms with E-state index in [4.69, 9.17) is 0 Å². The highest BCUT2D eigenvalue weighted by Crippen LogP contribution is 2.19. The van der Waals surface area contributed by atoms with Crippen LogP contribution in [0.25, 0.3) is 0 Å². The molecule has 0 bridgehead atoms.